The summed E-state index contributed by atoms with van der Waals surface area (Å²) < 4.78 is 31.0. The van der Waals surface area contributed by atoms with Crippen molar-refractivity contribution in [1.29, 1.82) is 0 Å². The van der Waals surface area contributed by atoms with E-state index in [0.717, 1.165) is 37.4 Å². The quantitative estimate of drug-likeness (QED) is 0.756. The van der Waals surface area contributed by atoms with Gasteiger partial charge in [0.15, 0.2) is 0 Å². The molecule has 0 atom stereocenters. The number of ether oxygens (including phenoxy) is 1. The zero-order valence-electron chi connectivity index (χ0n) is 15.0. The monoisotopic (exact) mass is 379 g/mol. The number of nitrogens with zero attached hydrogens (tertiary/aromatic N) is 3. The standard InChI is InChI=1S/C18H25N3O4S/c1-25-16-4-2-15(3-5-16)19-8-10-20(11-9-19)18(22)14-12-21(13-14)26(23,24)17-6-7-17/h2-5,14,17H,6-13H2,1H3. The fourth-order valence-electron chi connectivity index (χ4n) is 3.62. The third kappa shape index (κ3) is 3.27. The number of methoxy groups -OCH3 is 1. The summed E-state index contributed by atoms with van der Waals surface area (Å²) in [7, 11) is -1.48. The molecule has 2 saturated heterocycles. The molecule has 0 bridgehead atoms. The van der Waals surface area contributed by atoms with Crippen LogP contribution in [0.1, 0.15) is 12.8 Å². The van der Waals surface area contributed by atoms with Crippen LogP contribution in [0.15, 0.2) is 24.3 Å². The second-order valence-corrected chi connectivity index (χ2v) is 9.48. The lowest BCUT2D eigenvalue weighted by Gasteiger charge is -2.42. The summed E-state index contributed by atoms with van der Waals surface area (Å²) in [6.07, 6.45) is 1.54. The van der Waals surface area contributed by atoms with Crippen LogP contribution in [0.25, 0.3) is 0 Å². The van der Waals surface area contributed by atoms with Crippen LogP contribution in [-0.4, -0.2) is 75.2 Å². The van der Waals surface area contributed by atoms with Crippen LogP contribution in [0, 0.1) is 5.92 Å². The van der Waals surface area contributed by atoms with Gasteiger partial charge in [0.05, 0.1) is 18.3 Å². The number of carbonyl (C=O) groups is 1. The maximum Gasteiger partial charge on any atom is 0.228 e. The number of rotatable bonds is 5. The predicted molar refractivity (Wildman–Crippen MR) is 98.8 cm³/mol. The van der Waals surface area contributed by atoms with Crippen LogP contribution >= 0.6 is 0 Å². The summed E-state index contributed by atoms with van der Waals surface area (Å²) in [4.78, 5) is 16.8. The Balaban J connectivity index is 1.27. The van der Waals surface area contributed by atoms with Crippen LogP contribution in [-0.2, 0) is 14.8 Å². The van der Waals surface area contributed by atoms with Crippen LogP contribution < -0.4 is 9.64 Å². The number of hydrogen-bond acceptors (Lipinski definition) is 5. The van der Waals surface area contributed by atoms with Crippen molar-refractivity contribution >= 4 is 21.6 Å². The van der Waals surface area contributed by atoms with Gasteiger partial charge >= 0.3 is 0 Å². The maximum atomic E-state index is 12.6. The van der Waals surface area contributed by atoms with E-state index in [-0.39, 0.29) is 17.1 Å². The third-order valence-corrected chi connectivity index (χ3v) is 7.86. The molecule has 142 valence electrons. The van der Waals surface area contributed by atoms with Gasteiger partial charge in [0, 0.05) is 45.0 Å². The fourth-order valence-corrected chi connectivity index (χ4v) is 5.54. The minimum atomic E-state index is -3.13. The minimum Gasteiger partial charge on any atom is -0.497 e. The van der Waals surface area contributed by atoms with Crippen molar-refractivity contribution in [1.82, 2.24) is 9.21 Å². The topological polar surface area (TPSA) is 70.2 Å². The number of carbonyl (C=O) groups excluding carboxylic acids is 1. The van der Waals surface area contributed by atoms with Gasteiger partial charge in [-0.25, -0.2) is 8.42 Å². The van der Waals surface area contributed by atoms with E-state index < -0.39 is 10.0 Å². The highest BCUT2D eigenvalue weighted by molar-refractivity contribution is 7.90. The molecule has 1 aromatic rings. The van der Waals surface area contributed by atoms with Crippen molar-refractivity contribution in [3.63, 3.8) is 0 Å². The molecule has 0 unspecified atom stereocenters. The Bertz CT molecular complexity index is 762. The zero-order chi connectivity index (χ0) is 18.3. The first-order chi connectivity index (χ1) is 12.5. The van der Waals surface area contributed by atoms with E-state index in [2.05, 4.69) is 4.90 Å². The highest BCUT2D eigenvalue weighted by Crippen LogP contribution is 2.35. The first kappa shape index (κ1) is 17.6. The molecule has 1 amide bonds. The molecule has 1 aliphatic carbocycles. The molecular formula is C18H25N3O4S. The van der Waals surface area contributed by atoms with Crippen LogP contribution in [0.2, 0.25) is 0 Å². The van der Waals surface area contributed by atoms with Gasteiger partial charge in [-0.1, -0.05) is 0 Å². The summed E-state index contributed by atoms with van der Waals surface area (Å²) in [6, 6.07) is 7.94. The SMILES string of the molecule is COc1ccc(N2CCN(C(=O)C3CN(S(=O)(=O)C4CC4)C3)CC2)cc1. The van der Waals surface area contributed by atoms with Crippen molar-refractivity contribution in [3.05, 3.63) is 24.3 Å². The molecule has 0 radical (unpaired) electrons. The molecular weight excluding hydrogens is 354 g/mol. The van der Waals surface area contributed by atoms with Crippen molar-refractivity contribution in [2.24, 2.45) is 5.92 Å². The highest BCUT2D eigenvalue weighted by atomic mass is 32.2. The van der Waals surface area contributed by atoms with Gasteiger partial charge in [-0.2, -0.15) is 4.31 Å². The lowest BCUT2D eigenvalue weighted by Crippen LogP contribution is -2.59. The molecule has 7 nitrogen and oxygen atoms in total. The van der Waals surface area contributed by atoms with Crippen molar-refractivity contribution < 1.29 is 17.9 Å². The maximum absolute atomic E-state index is 12.6. The molecule has 4 rings (SSSR count). The van der Waals surface area contributed by atoms with Gasteiger partial charge in [0.25, 0.3) is 0 Å². The molecule has 26 heavy (non-hydrogen) atoms. The molecule has 8 heteroatoms. The Morgan fingerprint density at radius 2 is 1.65 bits per heavy atom. The smallest absolute Gasteiger partial charge is 0.228 e. The van der Waals surface area contributed by atoms with Gasteiger partial charge in [0.1, 0.15) is 5.75 Å². The van der Waals surface area contributed by atoms with Crippen LogP contribution in [0.5, 0.6) is 5.75 Å². The van der Waals surface area contributed by atoms with Crippen LogP contribution in [0.4, 0.5) is 5.69 Å². The average molecular weight is 379 g/mol. The molecule has 3 fully saturated rings. The van der Waals surface area contributed by atoms with Crippen molar-refractivity contribution in [2.75, 3.05) is 51.3 Å². The Kier molecular flexibility index (Phi) is 4.56. The largest absolute Gasteiger partial charge is 0.497 e. The lowest BCUT2D eigenvalue weighted by molar-refractivity contribution is -0.139. The normalized spacial score (nSPS) is 22.2. The molecule has 1 aromatic carbocycles. The lowest BCUT2D eigenvalue weighted by atomic mass is 10.0. The van der Waals surface area contributed by atoms with Gasteiger partial charge in [-0.3, -0.25) is 4.79 Å². The van der Waals surface area contributed by atoms with Gasteiger partial charge in [-0.15, -0.1) is 0 Å². The fraction of sp³-hybridized carbons (Fsp3) is 0.611. The molecule has 0 aromatic heterocycles. The number of benzene rings is 1. The van der Waals surface area contributed by atoms with Crippen molar-refractivity contribution in [2.45, 2.75) is 18.1 Å². The number of anilines is 1. The first-order valence-corrected chi connectivity index (χ1v) is 10.7. The number of piperazine rings is 1. The summed E-state index contributed by atoms with van der Waals surface area (Å²) >= 11 is 0. The summed E-state index contributed by atoms with van der Waals surface area (Å²) in [5.41, 5.74) is 1.13. The predicted octanol–water partition coefficient (Wildman–Crippen LogP) is 0.768. The second kappa shape index (κ2) is 6.74. The average Bonchev–Trinajstić information content (AvgIpc) is 3.46. The summed E-state index contributed by atoms with van der Waals surface area (Å²) in [6.45, 7) is 3.64. The van der Waals surface area contributed by atoms with E-state index >= 15 is 0 Å². The number of hydrogen-bond donors (Lipinski definition) is 0. The van der Waals surface area contributed by atoms with E-state index in [1.807, 2.05) is 29.2 Å². The third-order valence-electron chi connectivity index (χ3n) is 5.53. The van der Waals surface area contributed by atoms with E-state index in [4.69, 9.17) is 4.74 Å². The summed E-state index contributed by atoms with van der Waals surface area (Å²) in [5.74, 6) is 0.760. The van der Waals surface area contributed by atoms with Gasteiger partial charge < -0.3 is 14.5 Å². The highest BCUT2D eigenvalue weighted by Gasteiger charge is 2.47. The number of amides is 1. The Morgan fingerprint density at radius 3 is 2.19 bits per heavy atom. The Morgan fingerprint density at radius 1 is 1.04 bits per heavy atom. The molecule has 2 aliphatic heterocycles. The van der Waals surface area contributed by atoms with E-state index in [1.165, 1.54) is 4.31 Å². The Hall–Kier alpha value is -1.80. The van der Waals surface area contributed by atoms with Gasteiger partial charge in [-0.05, 0) is 37.1 Å². The molecule has 2 heterocycles. The van der Waals surface area contributed by atoms with E-state index in [9.17, 15) is 13.2 Å². The summed E-state index contributed by atoms with van der Waals surface area (Å²) in [5, 5.41) is -0.188. The molecule has 0 N–H and O–H groups in total. The van der Waals surface area contributed by atoms with Gasteiger partial charge in [0.2, 0.25) is 15.9 Å². The van der Waals surface area contributed by atoms with Crippen LogP contribution in [0.3, 0.4) is 0 Å². The first-order valence-electron chi connectivity index (χ1n) is 9.16. The number of sulfonamides is 1. The second-order valence-electron chi connectivity index (χ2n) is 7.27. The van der Waals surface area contributed by atoms with E-state index in [1.54, 1.807) is 7.11 Å². The Labute approximate surface area is 154 Å². The van der Waals surface area contributed by atoms with E-state index in [0.29, 0.717) is 26.2 Å². The van der Waals surface area contributed by atoms with Crippen molar-refractivity contribution in [3.8, 4) is 5.75 Å². The zero-order valence-corrected chi connectivity index (χ0v) is 15.8. The minimum absolute atomic E-state index is 0.0987. The molecule has 1 saturated carbocycles. The molecule has 0 spiro atoms. The molecule has 3 aliphatic rings.